The molecule has 0 bridgehead atoms. The van der Waals surface area contributed by atoms with Crippen molar-refractivity contribution in [3.05, 3.63) is 24.3 Å². The molecule has 0 saturated heterocycles. The Hall–Kier alpha value is -1.01. The fourth-order valence-electron chi connectivity index (χ4n) is 0.737. The molecule has 1 rings (SSSR count). The minimum atomic E-state index is 0.637. The first-order chi connectivity index (χ1) is 6.74. The van der Waals surface area contributed by atoms with E-state index < -0.39 is 0 Å². The Morgan fingerprint density at radius 2 is 2.43 bits per heavy atom. The third-order valence-corrected chi connectivity index (χ3v) is 2.51. The van der Waals surface area contributed by atoms with E-state index in [0.717, 1.165) is 11.4 Å². The van der Waals surface area contributed by atoms with Gasteiger partial charge in [-0.2, -0.15) is 5.10 Å². The first-order valence-corrected chi connectivity index (χ1v) is 5.52. The van der Waals surface area contributed by atoms with Crippen LogP contribution >= 0.6 is 24.0 Å². The number of nitrogens with zero attached hydrogens (tertiary/aromatic N) is 3. The smallest absolute Gasteiger partial charge is 0.153 e. The second-order valence-electron chi connectivity index (χ2n) is 2.40. The number of rotatable bonds is 2. The number of hydrogen-bond acceptors (Lipinski definition) is 5. The monoisotopic (exact) mass is 226 g/mol. The quantitative estimate of drug-likeness (QED) is 0.470. The van der Waals surface area contributed by atoms with Gasteiger partial charge in [0.1, 0.15) is 6.33 Å². The highest BCUT2D eigenvalue weighted by Crippen LogP contribution is 1.96. The van der Waals surface area contributed by atoms with Gasteiger partial charge in [-0.25, -0.2) is 9.97 Å². The molecule has 0 radical (unpaired) electrons. The summed E-state index contributed by atoms with van der Waals surface area (Å²) in [5, 5.41) is 4.08. The van der Waals surface area contributed by atoms with Crippen LogP contribution < -0.4 is 5.43 Å². The van der Waals surface area contributed by atoms with Crippen molar-refractivity contribution in [2.45, 2.75) is 6.92 Å². The summed E-state index contributed by atoms with van der Waals surface area (Å²) in [5.74, 6) is 0. The molecular formula is C8H10N4S2. The van der Waals surface area contributed by atoms with E-state index in [1.54, 1.807) is 12.3 Å². The molecule has 0 fully saturated rings. The molecule has 6 heteroatoms. The van der Waals surface area contributed by atoms with Crippen LogP contribution in [0.1, 0.15) is 12.6 Å². The molecule has 0 saturated carbocycles. The molecule has 0 aliphatic heterocycles. The van der Waals surface area contributed by atoms with Crippen LogP contribution in [0.5, 0.6) is 0 Å². The van der Waals surface area contributed by atoms with Crippen LogP contribution in [0.25, 0.3) is 0 Å². The van der Waals surface area contributed by atoms with E-state index in [4.69, 9.17) is 12.2 Å². The number of hydrogen-bond donors (Lipinski definition) is 1. The minimum absolute atomic E-state index is 0.637. The third-order valence-electron chi connectivity index (χ3n) is 1.45. The van der Waals surface area contributed by atoms with Gasteiger partial charge in [-0.15, -0.1) is 0 Å². The Morgan fingerprint density at radius 3 is 3.00 bits per heavy atom. The number of nitrogens with one attached hydrogen (secondary N) is 1. The standard InChI is InChI=1S/C8H10N4S2/c1-6(11-12-8(13)14-2)7-3-4-9-5-10-7/h3-5H,1-2H3,(H,12,13)/b11-6+. The van der Waals surface area contributed by atoms with Crippen molar-refractivity contribution in [2.75, 3.05) is 6.26 Å². The molecular weight excluding hydrogens is 216 g/mol. The fraction of sp³-hybridized carbons (Fsp3) is 0.250. The molecule has 74 valence electrons. The molecule has 0 atom stereocenters. The van der Waals surface area contributed by atoms with Crippen molar-refractivity contribution in [1.29, 1.82) is 0 Å². The molecule has 0 aliphatic rings. The summed E-state index contributed by atoms with van der Waals surface area (Å²) in [5.41, 5.74) is 4.32. The molecule has 1 heterocycles. The predicted octanol–water partition coefficient (Wildman–Crippen LogP) is 1.44. The maximum absolute atomic E-state index is 4.94. The summed E-state index contributed by atoms with van der Waals surface area (Å²) < 4.78 is 0.637. The van der Waals surface area contributed by atoms with Crippen LogP contribution in [0.4, 0.5) is 0 Å². The lowest BCUT2D eigenvalue weighted by atomic mass is 10.3. The average Bonchev–Trinajstić information content (AvgIpc) is 2.26. The largest absolute Gasteiger partial charge is 0.262 e. The molecule has 1 N–H and O–H groups in total. The Balaban J connectivity index is 2.66. The van der Waals surface area contributed by atoms with E-state index in [1.807, 2.05) is 13.2 Å². The van der Waals surface area contributed by atoms with Crippen LogP contribution in [0, 0.1) is 0 Å². The first-order valence-electron chi connectivity index (χ1n) is 3.88. The van der Waals surface area contributed by atoms with Crippen molar-refractivity contribution in [3.8, 4) is 0 Å². The molecule has 0 unspecified atom stereocenters. The summed E-state index contributed by atoms with van der Waals surface area (Å²) in [4.78, 5) is 7.87. The van der Waals surface area contributed by atoms with Gasteiger partial charge in [-0.1, -0.05) is 24.0 Å². The van der Waals surface area contributed by atoms with E-state index in [2.05, 4.69) is 20.5 Å². The van der Waals surface area contributed by atoms with E-state index in [-0.39, 0.29) is 0 Å². The second-order valence-corrected chi connectivity index (χ2v) is 3.88. The SMILES string of the molecule is CSC(=S)N/N=C(\C)c1ccncn1. The first kappa shape index (κ1) is 11.1. The van der Waals surface area contributed by atoms with E-state index >= 15 is 0 Å². The van der Waals surface area contributed by atoms with Crippen molar-refractivity contribution in [3.63, 3.8) is 0 Å². The predicted molar refractivity (Wildman–Crippen MR) is 63.5 cm³/mol. The zero-order valence-corrected chi connectivity index (χ0v) is 9.52. The lowest BCUT2D eigenvalue weighted by Crippen LogP contribution is -2.13. The molecule has 0 aromatic carbocycles. The maximum Gasteiger partial charge on any atom is 0.153 e. The Bertz CT molecular complexity index is 336. The number of thioether (sulfide) groups is 1. The topological polar surface area (TPSA) is 50.2 Å². The molecule has 0 spiro atoms. The molecule has 14 heavy (non-hydrogen) atoms. The highest BCUT2D eigenvalue weighted by molar-refractivity contribution is 8.22. The fourth-order valence-corrected chi connectivity index (χ4v) is 0.920. The van der Waals surface area contributed by atoms with Gasteiger partial charge < -0.3 is 0 Å². The summed E-state index contributed by atoms with van der Waals surface area (Å²) in [6.45, 7) is 1.86. The highest BCUT2D eigenvalue weighted by atomic mass is 32.2. The van der Waals surface area contributed by atoms with Gasteiger partial charge in [0, 0.05) is 6.20 Å². The maximum atomic E-state index is 4.94. The van der Waals surface area contributed by atoms with E-state index in [0.29, 0.717) is 4.32 Å². The van der Waals surface area contributed by atoms with Crippen LogP contribution in [-0.2, 0) is 0 Å². The summed E-state index contributed by atoms with van der Waals surface area (Å²) in [7, 11) is 0. The Labute approximate surface area is 92.2 Å². The Morgan fingerprint density at radius 1 is 1.64 bits per heavy atom. The number of thiocarbonyl (C=S) groups is 1. The van der Waals surface area contributed by atoms with Crippen molar-refractivity contribution < 1.29 is 0 Å². The van der Waals surface area contributed by atoms with E-state index in [9.17, 15) is 0 Å². The molecule has 4 nitrogen and oxygen atoms in total. The van der Waals surface area contributed by atoms with Gasteiger partial charge in [0.05, 0.1) is 11.4 Å². The van der Waals surface area contributed by atoms with Crippen LogP contribution in [0.3, 0.4) is 0 Å². The van der Waals surface area contributed by atoms with Gasteiger partial charge in [0.25, 0.3) is 0 Å². The highest BCUT2D eigenvalue weighted by Gasteiger charge is 1.97. The lowest BCUT2D eigenvalue weighted by molar-refractivity contribution is 1.05. The summed E-state index contributed by atoms with van der Waals surface area (Å²) in [6, 6.07) is 1.79. The average molecular weight is 226 g/mol. The van der Waals surface area contributed by atoms with Crippen LogP contribution in [0.2, 0.25) is 0 Å². The van der Waals surface area contributed by atoms with Crippen molar-refractivity contribution >= 4 is 34.0 Å². The molecule has 1 aromatic rings. The van der Waals surface area contributed by atoms with E-state index in [1.165, 1.54) is 18.1 Å². The molecule has 0 aliphatic carbocycles. The summed E-state index contributed by atoms with van der Waals surface area (Å²) in [6.07, 6.45) is 5.06. The normalized spacial score (nSPS) is 11.1. The van der Waals surface area contributed by atoms with Crippen molar-refractivity contribution in [1.82, 2.24) is 15.4 Å². The van der Waals surface area contributed by atoms with Gasteiger partial charge in [-0.05, 0) is 19.2 Å². The Kier molecular flexibility index (Phi) is 4.48. The van der Waals surface area contributed by atoms with Gasteiger partial charge in [-0.3, -0.25) is 5.43 Å². The van der Waals surface area contributed by atoms with Crippen LogP contribution in [0.15, 0.2) is 23.7 Å². The third kappa shape index (κ3) is 3.39. The molecule has 0 amide bonds. The zero-order chi connectivity index (χ0) is 10.4. The zero-order valence-electron chi connectivity index (χ0n) is 7.89. The number of hydrazone groups is 1. The van der Waals surface area contributed by atoms with Crippen LogP contribution in [-0.4, -0.2) is 26.3 Å². The van der Waals surface area contributed by atoms with Gasteiger partial charge in [0.15, 0.2) is 4.32 Å². The van der Waals surface area contributed by atoms with Crippen molar-refractivity contribution in [2.24, 2.45) is 5.10 Å². The second kappa shape index (κ2) is 5.66. The van der Waals surface area contributed by atoms with Gasteiger partial charge >= 0.3 is 0 Å². The van der Waals surface area contributed by atoms with Gasteiger partial charge in [0.2, 0.25) is 0 Å². The molecule has 1 aromatic heterocycles. The minimum Gasteiger partial charge on any atom is -0.262 e. The number of aromatic nitrogens is 2. The lowest BCUT2D eigenvalue weighted by Gasteiger charge is -2.00. The summed E-state index contributed by atoms with van der Waals surface area (Å²) >= 11 is 6.38.